The van der Waals surface area contributed by atoms with Crippen LogP contribution in [-0.2, 0) is 30.4 Å². The lowest BCUT2D eigenvalue weighted by Gasteiger charge is -2.18. The van der Waals surface area contributed by atoms with Crippen molar-refractivity contribution < 1.29 is 68.4 Å². The maximum absolute atomic E-state index is 13.6. The van der Waals surface area contributed by atoms with Crippen LogP contribution in [0.2, 0.25) is 0 Å². The van der Waals surface area contributed by atoms with E-state index in [2.05, 4.69) is 0 Å². The summed E-state index contributed by atoms with van der Waals surface area (Å²) in [6.07, 6.45) is 0. The molecule has 0 bridgehead atoms. The molecule has 6 N–H and O–H groups in total. The fourth-order valence-electron chi connectivity index (χ4n) is 4.79. The van der Waals surface area contributed by atoms with Crippen molar-refractivity contribution in [3.63, 3.8) is 0 Å². The standard InChI is InChI=1S/C32H22O15S3/c33-23-10-7-18(14-26(23)36)48(39,40)45-29-5-2-4-21-22(29)13-17-3-1-6-30(46-49(41,42)19-8-11-24(34)27(37)15-19)31(17)32(21)47-50(43,44)20-9-12-25(35)28(38)16-20/h1-16,33-38H. The molecule has 0 aromatic heterocycles. The van der Waals surface area contributed by atoms with Gasteiger partial charge in [-0.25, -0.2) is 0 Å². The Labute approximate surface area is 283 Å². The summed E-state index contributed by atoms with van der Waals surface area (Å²) < 4.78 is 96.6. The second-order valence-electron chi connectivity index (χ2n) is 10.5. The average Bonchev–Trinajstić information content (AvgIpc) is 3.04. The predicted octanol–water partition coefficient (Wildman–Crippen LogP) is 4.53. The second-order valence-corrected chi connectivity index (χ2v) is 15.1. The largest absolute Gasteiger partial charge is 0.504 e. The van der Waals surface area contributed by atoms with Crippen molar-refractivity contribution >= 4 is 51.9 Å². The van der Waals surface area contributed by atoms with Crippen molar-refractivity contribution in [3.05, 3.63) is 97.1 Å². The van der Waals surface area contributed by atoms with Gasteiger partial charge in [-0.05, 0) is 60.0 Å². The summed E-state index contributed by atoms with van der Waals surface area (Å²) in [4.78, 5) is -1.76. The third-order valence-electron chi connectivity index (χ3n) is 7.19. The second kappa shape index (κ2) is 12.1. The molecule has 0 heterocycles. The summed E-state index contributed by atoms with van der Waals surface area (Å²) >= 11 is 0. The molecule has 0 aliphatic rings. The van der Waals surface area contributed by atoms with Crippen molar-refractivity contribution in [2.75, 3.05) is 0 Å². The lowest BCUT2D eigenvalue weighted by atomic mass is 10.0. The number of fused-ring (bicyclic) bond motifs is 2. The molecule has 0 spiro atoms. The molecule has 50 heavy (non-hydrogen) atoms. The SMILES string of the molecule is O=S(=O)(Oc1cccc2c(OS(=O)(=O)c3ccc(O)c(O)c3)c3c(OS(=O)(=O)c4ccc(O)c(O)c4)cccc3cc12)c1ccc(O)c(O)c1. The molecule has 0 aliphatic carbocycles. The smallest absolute Gasteiger partial charge is 0.339 e. The average molecular weight is 743 g/mol. The molecule has 258 valence electrons. The highest BCUT2D eigenvalue weighted by molar-refractivity contribution is 7.87. The van der Waals surface area contributed by atoms with E-state index in [1.807, 2.05) is 0 Å². The molecular weight excluding hydrogens is 721 g/mol. The zero-order valence-corrected chi connectivity index (χ0v) is 27.3. The minimum absolute atomic E-state index is 0.0493. The van der Waals surface area contributed by atoms with Gasteiger partial charge in [0.05, 0.1) is 5.39 Å². The Morgan fingerprint density at radius 2 is 0.820 bits per heavy atom. The lowest BCUT2D eigenvalue weighted by molar-refractivity contribution is 0.401. The molecule has 0 saturated heterocycles. The third-order valence-corrected chi connectivity index (χ3v) is 10.9. The van der Waals surface area contributed by atoms with Gasteiger partial charge in [0.2, 0.25) is 0 Å². The van der Waals surface area contributed by atoms with E-state index in [0.29, 0.717) is 6.07 Å². The van der Waals surface area contributed by atoms with E-state index in [9.17, 15) is 55.9 Å². The van der Waals surface area contributed by atoms with E-state index in [4.69, 9.17) is 12.5 Å². The molecule has 0 aliphatic heterocycles. The number of aromatic hydroxyl groups is 6. The van der Waals surface area contributed by atoms with Gasteiger partial charge in [0.1, 0.15) is 14.7 Å². The molecule has 0 fully saturated rings. The van der Waals surface area contributed by atoms with Crippen LogP contribution >= 0.6 is 0 Å². The third kappa shape index (κ3) is 6.25. The van der Waals surface area contributed by atoms with E-state index in [0.717, 1.165) is 48.5 Å². The molecule has 6 aromatic carbocycles. The minimum Gasteiger partial charge on any atom is -0.504 e. The molecule has 0 amide bonds. The van der Waals surface area contributed by atoms with E-state index in [1.165, 1.54) is 42.5 Å². The van der Waals surface area contributed by atoms with Gasteiger partial charge in [0, 0.05) is 29.0 Å². The number of hydrogen-bond acceptors (Lipinski definition) is 15. The number of rotatable bonds is 9. The van der Waals surface area contributed by atoms with Crippen molar-refractivity contribution in [1.82, 2.24) is 0 Å². The predicted molar refractivity (Wildman–Crippen MR) is 174 cm³/mol. The summed E-state index contributed by atoms with van der Waals surface area (Å²) in [6.45, 7) is 0. The maximum atomic E-state index is 13.6. The van der Waals surface area contributed by atoms with Crippen LogP contribution in [0.5, 0.6) is 51.7 Å². The summed E-state index contributed by atoms with van der Waals surface area (Å²) in [6, 6.07) is 16.8. The molecule has 18 heteroatoms. The first-order chi connectivity index (χ1) is 23.5. The van der Waals surface area contributed by atoms with Gasteiger partial charge in [-0.1, -0.05) is 24.3 Å². The topological polar surface area (TPSA) is 251 Å². The fraction of sp³-hybridized carbons (Fsp3) is 0. The van der Waals surface area contributed by atoms with Crippen LogP contribution in [-0.4, -0.2) is 55.9 Å². The highest BCUT2D eigenvalue weighted by Crippen LogP contribution is 2.45. The molecule has 0 radical (unpaired) electrons. The number of hydrogen-bond donors (Lipinski definition) is 6. The first-order valence-electron chi connectivity index (χ1n) is 13.8. The maximum Gasteiger partial charge on any atom is 0.339 e. The van der Waals surface area contributed by atoms with Crippen LogP contribution < -0.4 is 12.5 Å². The monoisotopic (exact) mass is 742 g/mol. The van der Waals surface area contributed by atoms with Gasteiger partial charge in [0.25, 0.3) is 0 Å². The Morgan fingerprint density at radius 3 is 1.30 bits per heavy atom. The van der Waals surface area contributed by atoms with E-state index in [-0.39, 0.29) is 27.3 Å². The van der Waals surface area contributed by atoms with Crippen LogP contribution in [0, 0.1) is 0 Å². The molecule has 15 nitrogen and oxygen atoms in total. The minimum atomic E-state index is -4.91. The molecule has 0 atom stereocenters. The number of phenolic OH excluding ortho intramolecular Hbond substituents is 6. The van der Waals surface area contributed by atoms with Crippen molar-refractivity contribution in [2.24, 2.45) is 0 Å². The summed E-state index contributed by atoms with van der Waals surface area (Å²) in [7, 11) is -14.4. The Morgan fingerprint density at radius 1 is 0.400 bits per heavy atom. The molecule has 0 unspecified atom stereocenters. The van der Waals surface area contributed by atoms with Crippen molar-refractivity contribution in [2.45, 2.75) is 14.7 Å². The van der Waals surface area contributed by atoms with Crippen LogP contribution in [0.15, 0.2) is 112 Å². The summed E-state index contributed by atoms with van der Waals surface area (Å²) in [5, 5.41) is 58.2. The van der Waals surface area contributed by atoms with Crippen LogP contribution in [0.25, 0.3) is 21.5 Å². The van der Waals surface area contributed by atoms with Gasteiger partial charge in [-0.2, -0.15) is 25.3 Å². The van der Waals surface area contributed by atoms with E-state index in [1.54, 1.807) is 0 Å². The first kappa shape index (κ1) is 33.8. The Bertz CT molecular complexity index is 2690. The van der Waals surface area contributed by atoms with Gasteiger partial charge in [-0.3, -0.25) is 0 Å². The molecule has 0 saturated carbocycles. The molecular formula is C32H22O15S3. The lowest BCUT2D eigenvalue weighted by Crippen LogP contribution is -2.13. The van der Waals surface area contributed by atoms with E-state index >= 15 is 0 Å². The summed E-state index contributed by atoms with van der Waals surface area (Å²) in [5.74, 6) is -5.56. The highest BCUT2D eigenvalue weighted by atomic mass is 32.2. The Hall–Kier alpha value is -6.11. The zero-order valence-electron chi connectivity index (χ0n) is 24.8. The summed E-state index contributed by atoms with van der Waals surface area (Å²) in [5.41, 5.74) is 0. The van der Waals surface area contributed by atoms with Gasteiger partial charge in [-0.15, -0.1) is 0 Å². The Kier molecular flexibility index (Phi) is 8.17. The van der Waals surface area contributed by atoms with Crippen molar-refractivity contribution in [1.29, 1.82) is 0 Å². The van der Waals surface area contributed by atoms with E-state index < -0.39 is 91.0 Å². The molecule has 6 rings (SSSR count). The van der Waals surface area contributed by atoms with Crippen molar-refractivity contribution in [3.8, 4) is 51.7 Å². The number of benzene rings is 6. The zero-order chi connectivity index (χ0) is 36.2. The van der Waals surface area contributed by atoms with Gasteiger partial charge >= 0.3 is 30.4 Å². The quantitative estimate of drug-likeness (QED) is 0.0676. The normalized spacial score (nSPS) is 12.2. The van der Waals surface area contributed by atoms with Crippen LogP contribution in [0.4, 0.5) is 0 Å². The number of phenols is 6. The Balaban J connectivity index is 1.58. The highest BCUT2D eigenvalue weighted by Gasteiger charge is 2.28. The van der Waals surface area contributed by atoms with Crippen LogP contribution in [0.3, 0.4) is 0 Å². The first-order valence-corrected chi connectivity index (χ1v) is 18.1. The fourth-order valence-corrected chi connectivity index (χ4v) is 7.70. The van der Waals surface area contributed by atoms with Gasteiger partial charge < -0.3 is 43.2 Å². The van der Waals surface area contributed by atoms with Crippen LogP contribution in [0.1, 0.15) is 0 Å². The molecule has 6 aromatic rings. The van der Waals surface area contributed by atoms with Gasteiger partial charge in [0.15, 0.2) is 51.7 Å².